The molecule has 0 heterocycles. The van der Waals surface area contributed by atoms with Crippen LogP contribution in [0.25, 0.3) is 0 Å². The van der Waals surface area contributed by atoms with Gasteiger partial charge in [0.15, 0.2) is 6.10 Å². The highest BCUT2D eigenvalue weighted by Crippen LogP contribution is 2.28. The van der Waals surface area contributed by atoms with Gasteiger partial charge in [-0.05, 0) is 49.8 Å². The molecule has 1 fully saturated rings. The van der Waals surface area contributed by atoms with Crippen LogP contribution in [0, 0.1) is 17.2 Å². The molecule has 126 valence electrons. The third-order valence-electron chi connectivity index (χ3n) is 4.65. The molecule has 4 nitrogen and oxygen atoms in total. The number of ether oxygens (including phenoxy) is 1. The summed E-state index contributed by atoms with van der Waals surface area (Å²) in [5.41, 5.74) is 1.20. The lowest BCUT2D eigenvalue weighted by Crippen LogP contribution is -2.37. The molecule has 23 heavy (non-hydrogen) atoms. The van der Waals surface area contributed by atoms with Gasteiger partial charge >= 0.3 is 0 Å². The minimum atomic E-state index is -0.431. The van der Waals surface area contributed by atoms with Crippen molar-refractivity contribution in [2.24, 2.45) is 5.92 Å². The number of nitriles is 1. The van der Waals surface area contributed by atoms with Crippen LogP contribution in [0.15, 0.2) is 24.3 Å². The minimum Gasteiger partial charge on any atom is -0.476 e. The molecule has 2 unspecified atom stereocenters. The zero-order chi connectivity index (χ0) is 16.5. The molecule has 0 amide bonds. The fourth-order valence-corrected chi connectivity index (χ4v) is 3.35. The fraction of sp³-hybridized carbons (Fsp3) is 0.632. The highest BCUT2D eigenvalue weighted by molar-refractivity contribution is 5.27. The quantitative estimate of drug-likeness (QED) is 0.771. The first-order chi connectivity index (χ1) is 11.2. The Kier molecular flexibility index (Phi) is 7.38. The smallest absolute Gasteiger partial charge is 0.181 e. The molecule has 2 atom stereocenters. The van der Waals surface area contributed by atoms with Gasteiger partial charge in [0, 0.05) is 19.2 Å². The van der Waals surface area contributed by atoms with Crippen molar-refractivity contribution in [3.8, 4) is 11.8 Å². The van der Waals surface area contributed by atoms with Crippen molar-refractivity contribution in [3.63, 3.8) is 0 Å². The highest BCUT2D eigenvalue weighted by Gasteiger charge is 2.22. The van der Waals surface area contributed by atoms with E-state index in [0.717, 1.165) is 18.7 Å². The lowest BCUT2D eigenvalue weighted by molar-refractivity contribution is 0.205. The van der Waals surface area contributed by atoms with Crippen molar-refractivity contribution in [3.05, 3.63) is 29.8 Å². The van der Waals surface area contributed by atoms with E-state index in [2.05, 4.69) is 11.4 Å². The maximum absolute atomic E-state index is 9.33. The molecule has 0 aliphatic heterocycles. The first kappa shape index (κ1) is 17.8. The second-order valence-electron chi connectivity index (χ2n) is 6.43. The second-order valence-corrected chi connectivity index (χ2v) is 6.43. The third-order valence-corrected chi connectivity index (χ3v) is 4.65. The summed E-state index contributed by atoms with van der Waals surface area (Å²) in [6.07, 6.45) is 6.93. The molecule has 1 aliphatic rings. The molecule has 0 spiro atoms. The lowest BCUT2D eigenvalue weighted by atomic mass is 9.82. The van der Waals surface area contributed by atoms with Gasteiger partial charge in [-0.3, -0.25) is 0 Å². The number of rotatable bonds is 8. The first-order valence-electron chi connectivity index (χ1n) is 8.72. The molecular weight excluding hydrogens is 288 g/mol. The molecule has 1 aliphatic carbocycles. The topological polar surface area (TPSA) is 65.3 Å². The van der Waals surface area contributed by atoms with Crippen LogP contribution in [0.2, 0.25) is 0 Å². The zero-order valence-corrected chi connectivity index (χ0v) is 14.0. The van der Waals surface area contributed by atoms with E-state index in [1.54, 1.807) is 6.92 Å². The number of nitrogens with zero attached hydrogens (tertiary/aromatic N) is 1. The van der Waals surface area contributed by atoms with E-state index in [1.165, 1.54) is 37.7 Å². The molecule has 2 rings (SSSR count). The van der Waals surface area contributed by atoms with Crippen molar-refractivity contribution in [1.29, 1.82) is 5.26 Å². The first-order valence-corrected chi connectivity index (χ1v) is 8.72. The lowest BCUT2D eigenvalue weighted by Gasteiger charge is -2.31. The Morgan fingerprint density at radius 3 is 2.57 bits per heavy atom. The standard InChI is InChI=1S/C19H28N2O2/c1-15(13-20)23-18-9-7-16(8-10-18)14-21-19(11-12-22)17-5-3-2-4-6-17/h7-10,15,17,19,21-22H,2-6,11-12,14H2,1H3. The van der Waals surface area contributed by atoms with Crippen LogP contribution in [-0.2, 0) is 6.54 Å². The van der Waals surface area contributed by atoms with Crippen LogP contribution in [0.3, 0.4) is 0 Å². The number of hydrogen-bond donors (Lipinski definition) is 2. The Labute approximate surface area is 139 Å². The SMILES string of the molecule is CC(C#N)Oc1ccc(CNC(CCO)C2CCCCC2)cc1. The molecule has 0 saturated heterocycles. The van der Waals surface area contributed by atoms with Gasteiger partial charge in [-0.1, -0.05) is 31.4 Å². The Morgan fingerprint density at radius 2 is 1.96 bits per heavy atom. The van der Waals surface area contributed by atoms with Crippen molar-refractivity contribution in [1.82, 2.24) is 5.32 Å². The van der Waals surface area contributed by atoms with E-state index in [1.807, 2.05) is 24.3 Å². The summed E-state index contributed by atoms with van der Waals surface area (Å²) in [7, 11) is 0. The Bertz CT molecular complexity index is 489. The molecule has 4 heteroatoms. The van der Waals surface area contributed by atoms with E-state index < -0.39 is 6.10 Å². The van der Waals surface area contributed by atoms with Crippen LogP contribution < -0.4 is 10.1 Å². The molecular formula is C19H28N2O2. The fourth-order valence-electron chi connectivity index (χ4n) is 3.35. The highest BCUT2D eigenvalue weighted by atomic mass is 16.5. The average molecular weight is 316 g/mol. The summed E-state index contributed by atoms with van der Waals surface area (Å²) in [6, 6.07) is 10.3. The van der Waals surface area contributed by atoms with E-state index in [9.17, 15) is 5.11 Å². The Morgan fingerprint density at radius 1 is 1.26 bits per heavy atom. The van der Waals surface area contributed by atoms with Crippen LogP contribution in [-0.4, -0.2) is 23.9 Å². The van der Waals surface area contributed by atoms with Gasteiger partial charge in [-0.15, -0.1) is 0 Å². The third kappa shape index (κ3) is 5.85. The number of nitrogens with one attached hydrogen (secondary N) is 1. The van der Waals surface area contributed by atoms with Crippen LogP contribution in [0.1, 0.15) is 51.0 Å². The average Bonchev–Trinajstić information content (AvgIpc) is 2.60. The van der Waals surface area contributed by atoms with Gasteiger partial charge in [0.1, 0.15) is 11.8 Å². The Balaban J connectivity index is 1.86. The minimum absolute atomic E-state index is 0.243. The number of aliphatic hydroxyl groups is 1. The summed E-state index contributed by atoms with van der Waals surface area (Å²) in [4.78, 5) is 0. The van der Waals surface area contributed by atoms with Crippen molar-refractivity contribution in [2.75, 3.05) is 6.61 Å². The van der Waals surface area contributed by atoms with Gasteiger partial charge in [-0.2, -0.15) is 5.26 Å². The summed E-state index contributed by atoms with van der Waals surface area (Å²) in [5, 5.41) is 21.7. The zero-order valence-electron chi connectivity index (χ0n) is 14.0. The van der Waals surface area contributed by atoms with Gasteiger partial charge in [0.05, 0.1) is 0 Å². The van der Waals surface area contributed by atoms with E-state index in [-0.39, 0.29) is 6.61 Å². The van der Waals surface area contributed by atoms with Crippen molar-refractivity contribution in [2.45, 2.75) is 64.1 Å². The van der Waals surface area contributed by atoms with E-state index in [0.29, 0.717) is 12.0 Å². The summed E-state index contributed by atoms with van der Waals surface area (Å²) in [5.74, 6) is 1.41. The summed E-state index contributed by atoms with van der Waals surface area (Å²) >= 11 is 0. The number of hydrogen-bond acceptors (Lipinski definition) is 4. The maximum Gasteiger partial charge on any atom is 0.181 e. The molecule has 0 radical (unpaired) electrons. The van der Waals surface area contributed by atoms with Crippen LogP contribution >= 0.6 is 0 Å². The van der Waals surface area contributed by atoms with E-state index >= 15 is 0 Å². The number of benzene rings is 1. The predicted octanol–water partition coefficient (Wildman–Crippen LogP) is 3.40. The van der Waals surface area contributed by atoms with Gasteiger partial charge in [0.2, 0.25) is 0 Å². The van der Waals surface area contributed by atoms with Crippen molar-refractivity contribution >= 4 is 0 Å². The monoisotopic (exact) mass is 316 g/mol. The molecule has 0 aromatic heterocycles. The van der Waals surface area contributed by atoms with Crippen LogP contribution in [0.4, 0.5) is 0 Å². The maximum atomic E-state index is 9.33. The molecule has 1 aromatic rings. The molecule has 1 aromatic carbocycles. The predicted molar refractivity (Wildman–Crippen MR) is 91.1 cm³/mol. The van der Waals surface area contributed by atoms with Gasteiger partial charge in [0.25, 0.3) is 0 Å². The molecule has 0 bridgehead atoms. The van der Waals surface area contributed by atoms with Gasteiger partial charge in [-0.25, -0.2) is 0 Å². The summed E-state index contributed by atoms with van der Waals surface area (Å²) in [6.45, 7) is 2.78. The van der Waals surface area contributed by atoms with Crippen molar-refractivity contribution < 1.29 is 9.84 Å². The number of aliphatic hydroxyl groups excluding tert-OH is 1. The molecule has 2 N–H and O–H groups in total. The normalized spacial score (nSPS) is 18.1. The van der Waals surface area contributed by atoms with E-state index in [4.69, 9.17) is 10.00 Å². The Hall–Kier alpha value is -1.57. The summed E-state index contributed by atoms with van der Waals surface area (Å²) < 4.78 is 5.46. The molecule has 1 saturated carbocycles. The second kappa shape index (κ2) is 9.54. The van der Waals surface area contributed by atoms with Crippen LogP contribution in [0.5, 0.6) is 5.75 Å². The largest absolute Gasteiger partial charge is 0.476 e. The van der Waals surface area contributed by atoms with Gasteiger partial charge < -0.3 is 15.2 Å².